The second kappa shape index (κ2) is 10.4. The highest BCUT2D eigenvalue weighted by atomic mass is 32.1. The van der Waals surface area contributed by atoms with Gasteiger partial charge in [0.25, 0.3) is 5.91 Å². The van der Waals surface area contributed by atoms with Gasteiger partial charge in [-0.05, 0) is 73.9 Å². The van der Waals surface area contributed by atoms with E-state index in [0.717, 1.165) is 29.8 Å². The molecule has 2 N–H and O–H groups in total. The summed E-state index contributed by atoms with van der Waals surface area (Å²) in [5, 5.41) is 5.96. The van der Waals surface area contributed by atoms with Crippen molar-refractivity contribution in [2.24, 2.45) is 0 Å². The van der Waals surface area contributed by atoms with E-state index in [2.05, 4.69) is 34.9 Å². The lowest BCUT2D eigenvalue weighted by Gasteiger charge is -2.11. The number of benzene rings is 3. The molecule has 0 unspecified atom stereocenters. The van der Waals surface area contributed by atoms with Gasteiger partial charge in [0.05, 0.1) is 6.61 Å². The molecule has 0 saturated carbocycles. The van der Waals surface area contributed by atoms with E-state index >= 15 is 0 Å². The predicted octanol–water partition coefficient (Wildman–Crippen LogP) is 5.13. The van der Waals surface area contributed by atoms with Gasteiger partial charge in [-0.25, -0.2) is 0 Å². The molecule has 0 atom stereocenters. The standard InChI is InChI=1S/C24H24N2O2S/c1-18-9-11-20(12-10-18)23(27)26-24(29)25-21-13-15-22(16-14-21)28-17-5-8-19-6-3-2-4-7-19/h2-4,6-7,9-16H,5,8,17H2,1H3,(H2,25,26,27,29). The number of hydrogen-bond acceptors (Lipinski definition) is 3. The minimum absolute atomic E-state index is 0.235. The fourth-order valence-electron chi connectivity index (χ4n) is 2.79. The maximum absolute atomic E-state index is 12.2. The Kier molecular flexibility index (Phi) is 7.36. The van der Waals surface area contributed by atoms with Crippen LogP contribution >= 0.6 is 12.2 Å². The zero-order valence-electron chi connectivity index (χ0n) is 16.4. The molecule has 0 aliphatic heterocycles. The van der Waals surface area contributed by atoms with Crippen LogP contribution in [0.15, 0.2) is 78.9 Å². The Labute approximate surface area is 176 Å². The van der Waals surface area contributed by atoms with Crippen molar-refractivity contribution in [2.45, 2.75) is 19.8 Å². The van der Waals surface area contributed by atoms with Gasteiger partial charge in [-0.15, -0.1) is 0 Å². The minimum atomic E-state index is -0.235. The molecule has 0 radical (unpaired) electrons. The SMILES string of the molecule is Cc1ccc(C(=O)NC(=S)Nc2ccc(OCCCc3ccccc3)cc2)cc1. The zero-order chi connectivity index (χ0) is 20.5. The molecule has 0 fully saturated rings. The molecule has 0 heterocycles. The van der Waals surface area contributed by atoms with E-state index in [0.29, 0.717) is 12.2 Å². The van der Waals surface area contributed by atoms with Crippen molar-refractivity contribution in [3.8, 4) is 5.75 Å². The highest BCUT2D eigenvalue weighted by Crippen LogP contribution is 2.16. The van der Waals surface area contributed by atoms with Gasteiger partial charge in [-0.1, -0.05) is 48.0 Å². The third kappa shape index (κ3) is 6.73. The second-order valence-corrected chi connectivity index (χ2v) is 7.14. The highest BCUT2D eigenvalue weighted by molar-refractivity contribution is 7.80. The monoisotopic (exact) mass is 404 g/mol. The minimum Gasteiger partial charge on any atom is -0.494 e. The Morgan fingerprint density at radius 3 is 2.31 bits per heavy atom. The number of rotatable bonds is 7. The summed E-state index contributed by atoms with van der Waals surface area (Å²) in [4.78, 5) is 12.2. The third-order valence-electron chi connectivity index (χ3n) is 4.37. The number of thiocarbonyl (C=S) groups is 1. The van der Waals surface area contributed by atoms with Crippen molar-refractivity contribution in [1.82, 2.24) is 5.32 Å². The van der Waals surface area contributed by atoms with Crippen LogP contribution in [-0.4, -0.2) is 17.6 Å². The molecule has 1 amide bonds. The normalized spacial score (nSPS) is 10.2. The number of hydrogen-bond donors (Lipinski definition) is 2. The summed E-state index contributed by atoms with van der Waals surface area (Å²) in [6.07, 6.45) is 1.95. The number of anilines is 1. The average Bonchev–Trinajstić information content (AvgIpc) is 2.73. The maximum atomic E-state index is 12.2. The van der Waals surface area contributed by atoms with Gasteiger partial charge in [-0.3, -0.25) is 10.1 Å². The van der Waals surface area contributed by atoms with E-state index in [-0.39, 0.29) is 11.0 Å². The first-order valence-electron chi connectivity index (χ1n) is 9.56. The Morgan fingerprint density at radius 1 is 0.931 bits per heavy atom. The van der Waals surface area contributed by atoms with Crippen LogP contribution in [-0.2, 0) is 6.42 Å². The van der Waals surface area contributed by atoms with Crippen molar-refractivity contribution in [1.29, 1.82) is 0 Å². The summed E-state index contributed by atoms with van der Waals surface area (Å²) in [6.45, 7) is 2.64. The van der Waals surface area contributed by atoms with E-state index in [1.54, 1.807) is 12.1 Å². The highest BCUT2D eigenvalue weighted by Gasteiger charge is 2.07. The van der Waals surface area contributed by atoms with Gasteiger partial charge in [0, 0.05) is 11.3 Å². The molecule has 4 nitrogen and oxygen atoms in total. The number of amides is 1. The van der Waals surface area contributed by atoms with Crippen LogP contribution in [0.1, 0.15) is 27.9 Å². The van der Waals surface area contributed by atoms with Crippen molar-refractivity contribution in [3.05, 3.63) is 95.6 Å². The Balaban J connectivity index is 1.41. The molecule has 0 saturated heterocycles. The number of carbonyl (C=O) groups excluding carboxylic acids is 1. The molecule has 29 heavy (non-hydrogen) atoms. The molecule has 0 aliphatic carbocycles. The number of nitrogens with one attached hydrogen (secondary N) is 2. The van der Waals surface area contributed by atoms with Crippen LogP contribution in [0.4, 0.5) is 5.69 Å². The third-order valence-corrected chi connectivity index (χ3v) is 4.58. The zero-order valence-corrected chi connectivity index (χ0v) is 17.2. The number of carbonyl (C=O) groups is 1. The maximum Gasteiger partial charge on any atom is 0.257 e. The lowest BCUT2D eigenvalue weighted by molar-refractivity contribution is 0.0977. The Bertz CT molecular complexity index is 939. The van der Waals surface area contributed by atoms with Crippen LogP contribution in [0.25, 0.3) is 0 Å². The second-order valence-electron chi connectivity index (χ2n) is 6.74. The van der Waals surface area contributed by atoms with Crippen LogP contribution in [0, 0.1) is 6.92 Å². The van der Waals surface area contributed by atoms with E-state index in [9.17, 15) is 4.79 Å². The lowest BCUT2D eigenvalue weighted by atomic mass is 10.1. The molecule has 0 aromatic heterocycles. The topological polar surface area (TPSA) is 50.4 Å². The molecule has 3 aromatic rings. The van der Waals surface area contributed by atoms with Crippen molar-refractivity contribution >= 4 is 28.9 Å². The first kappa shape index (κ1) is 20.6. The average molecular weight is 405 g/mol. The molecule has 148 valence electrons. The van der Waals surface area contributed by atoms with E-state index in [1.807, 2.05) is 49.4 Å². The Morgan fingerprint density at radius 2 is 1.62 bits per heavy atom. The number of aryl methyl sites for hydroxylation is 2. The van der Waals surface area contributed by atoms with Crippen LogP contribution in [0.5, 0.6) is 5.75 Å². The van der Waals surface area contributed by atoms with Gasteiger partial charge in [0.2, 0.25) is 0 Å². The summed E-state index contributed by atoms with van der Waals surface area (Å²) in [5.74, 6) is 0.569. The van der Waals surface area contributed by atoms with Gasteiger partial charge in [0.15, 0.2) is 5.11 Å². The molecule has 5 heteroatoms. The van der Waals surface area contributed by atoms with Crippen molar-refractivity contribution in [2.75, 3.05) is 11.9 Å². The molecular weight excluding hydrogens is 380 g/mol. The predicted molar refractivity (Wildman–Crippen MR) is 122 cm³/mol. The molecule has 3 aromatic carbocycles. The van der Waals surface area contributed by atoms with Crippen molar-refractivity contribution < 1.29 is 9.53 Å². The van der Waals surface area contributed by atoms with Gasteiger partial charge in [-0.2, -0.15) is 0 Å². The van der Waals surface area contributed by atoms with E-state index < -0.39 is 0 Å². The summed E-state index contributed by atoms with van der Waals surface area (Å²) in [7, 11) is 0. The van der Waals surface area contributed by atoms with E-state index in [1.165, 1.54) is 5.56 Å². The van der Waals surface area contributed by atoms with Crippen LogP contribution in [0.3, 0.4) is 0 Å². The van der Waals surface area contributed by atoms with Crippen LogP contribution in [0.2, 0.25) is 0 Å². The summed E-state index contributed by atoms with van der Waals surface area (Å²) in [5.41, 5.74) is 3.77. The smallest absolute Gasteiger partial charge is 0.257 e. The quantitative estimate of drug-likeness (QED) is 0.423. The van der Waals surface area contributed by atoms with E-state index in [4.69, 9.17) is 17.0 Å². The first-order chi connectivity index (χ1) is 14.1. The van der Waals surface area contributed by atoms with Gasteiger partial charge >= 0.3 is 0 Å². The van der Waals surface area contributed by atoms with Crippen molar-refractivity contribution in [3.63, 3.8) is 0 Å². The van der Waals surface area contributed by atoms with Gasteiger partial charge < -0.3 is 10.1 Å². The fourth-order valence-corrected chi connectivity index (χ4v) is 3.00. The molecular formula is C24H24N2O2S. The summed E-state index contributed by atoms with van der Waals surface area (Å²) < 4.78 is 5.79. The molecule has 0 aliphatic rings. The Hall–Kier alpha value is -3.18. The molecule has 3 rings (SSSR count). The molecule has 0 spiro atoms. The largest absolute Gasteiger partial charge is 0.494 e. The first-order valence-corrected chi connectivity index (χ1v) is 9.97. The number of ether oxygens (including phenoxy) is 1. The molecule has 0 bridgehead atoms. The van der Waals surface area contributed by atoms with Gasteiger partial charge in [0.1, 0.15) is 5.75 Å². The van der Waals surface area contributed by atoms with Crippen LogP contribution < -0.4 is 15.4 Å². The fraction of sp³-hybridized carbons (Fsp3) is 0.167. The lowest BCUT2D eigenvalue weighted by Crippen LogP contribution is -2.34. The summed E-state index contributed by atoms with van der Waals surface area (Å²) >= 11 is 5.23. The summed E-state index contributed by atoms with van der Waals surface area (Å²) in [6, 6.07) is 25.2.